The second-order valence-corrected chi connectivity index (χ2v) is 3.42. The normalized spacial score (nSPS) is 11.7. The smallest absolute Gasteiger partial charge is 0.244 e. The lowest BCUT2D eigenvalue weighted by atomic mass is 10.0. The first-order valence-corrected chi connectivity index (χ1v) is 4.87. The average Bonchev–Trinajstić information content (AvgIpc) is 2.28. The molecule has 1 atom stereocenters. The first-order chi connectivity index (χ1) is 7.63. The van der Waals surface area contributed by atoms with Crippen molar-refractivity contribution in [1.82, 2.24) is 0 Å². The molecule has 0 spiro atoms. The molecule has 1 rings (SSSR count). The van der Waals surface area contributed by atoms with Gasteiger partial charge in [0.25, 0.3) is 0 Å². The van der Waals surface area contributed by atoms with Gasteiger partial charge in [0.15, 0.2) is 6.10 Å². The second-order valence-electron chi connectivity index (χ2n) is 3.42. The van der Waals surface area contributed by atoms with E-state index in [1.165, 1.54) is 7.11 Å². The van der Waals surface area contributed by atoms with Crippen LogP contribution in [0.25, 0.3) is 4.85 Å². The maximum atomic E-state index is 9.79. The van der Waals surface area contributed by atoms with Crippen molar-refractivity contribution in [2.75, 3.05) is 20.8 Å². The van der Waals surface area contributed by atoms with Gasteiger partial charge in [-0.1, -0.05) is 0 Å². The lowest BCUT2D eigenvalue weighted by Gasteiger charge is -2.14. The minimum atomic E-state index is -0.845. The number of hydrogen-bond donors (Lipinski definition) is 1. The topological polar surface area (TPSA) is 43.0 Å². The summed E-state index contributed by atoms with van der Waals surface area (Å²) in [6.45, 7) is 8.66. The summed E-state index contributed by atoms with van der Waals surface area (Å²) in [4.78, 5) is 3.17. The van der Waals surface area contributed by atoms with Gasteiger partial charge in [0.2, 0.25) is 6.54 Å². The highest BCUT2D eigenvalue weighted by Gasteiger charge is 2.18. The van der Waals surface area contributed by atoms with Gasteiger partial charge >= 0.3 is 0 Å². The summed E-state index contributed by atoms with van der Waals surface area (Å²) < 4.78 is 10.3. The molecule has 0 fully saturated rings. The van der Waals surface area contributed by atoms with E-state index in [-0.39, 0.29) is 6.54 Å². The van der Waals surface area contributed by atoms with Crippen LogP contribution in [0, 0.1) is 13.5 Å². The Morgan fingerprint density at radius 2 is 1.94 bits per heavy atom. The number of benzene rings is 1. The standard InChI is InChI=1S/C12H15NO3/c1-8-5-12(16-4)9(6-11(8)15-3)10(14)7-13-2/h5-6,10,14H,7H2,1,3-4H3. The molecule has 86 valence electrons. The zero-order valence-corrected chi connectivity index (χ0v) is 9.65. The molecule has 16 heavy (non-hydrogen) atoms. The fourth-order valence-electron chi connectivity index (χ4n) is 1.52. The highest BCUT2D eigenvalue weighted by Crippen LogP contribution is 2.32. The quantitative estimate of drug-likeness (QED) is 0.790. The minimum Gasteiger partial charge on any atom is -0.496 e. The highest BCUT2D eigenvalue weighted by molar-refractivity contribution is 5.47. The summed E-state index contributed by atoms with van der Waals surface area (Å²) in [6.07, 6.45) is -0.845. The van der Waals surface area contributed by atoms with Gasteiger partial charge in [0, 0.05) is 5.56 Å². The Bertz CT molecular complexity index is 409. The monoisotopic (exact) mass is 221 g/mol. The third-order valence-corrected chi connectivity index (χ3v) is 2.37. The number of ether oxygens (including phenoxy) is 2. The van der Waals surface area contributed by atoms with Crippen LogP contribution in [-0.4, -0.2) is 25.9 Å². The van der Waals surface area contributed by atoms with Crippen LogP contribution in [0.3, 0.4) is 0 Å². The SMILES string of the molecule is [C-]#[N+]CC(O)c1cc(OC)c(C)cc1OC. The zero-order chi connectivity index (χ0) is 12.1. The van der Waals surface area contributed by atoms with Crippen molar-refractivity contribution in [3.63, 3.8) is 0 Å². The van der Waals surface area contributed by atoms with Crippen LogP contribution in [0.15, 0.2) is 12.1 Å². The van der Waals surface area contributed by atoms with E-state index in [2.05, 4.69) is 4.85 Å². The molecule has 0 amide bonds. The van der Waals surface area contributed by atoms with Crippen molar-refractivity contribution in [2.45, 2.75) is 13.0 Å². The van der Waals surface area contributed by atoms with E-state index in [0.717, 1.165) is 5.56 Å². The number of aliphatic hydroxyl groups is 1. The van der Waals surface area contributed by atoms with E-state index in [0.29, 0.717) is 17.1 Å². The van der Waals surface area contributed by atoms with Crippen molar-refractivity contribution in [1.29, 1.82) is 0 Å². The van der Waals surface area contributed by atoms with Crippen molar-refractivity contribution in [2.24, 2.45) is 0 Å². The molecule has 0 aromatic heterocycles. The van der Waals surface area contributed by atoms with E-state index >= 15 is 0 Å². The predicted octanol–water partition coefficient (Wildman–Crippen LogP) is 1.96. The fraction of sp³-hybridized carbons (Fsp3) is 0.417. The molecular weight excluding hydrogens is 206 g/mol. The van der Waals surface area contributed by atoms with Crippen LogP contribution in [0.2, 0.25) is 0 Å². The average molecular weight is 221 g/mol. The number of methoxy groups -OCH3 is 2. The molecule has 0 bridgehead atoms. The first kappa shape index (κ1) is 12.3. The third kappa shape index (κ3) is 2.44. The van der Waals surface area contributed by atoms with E-state index in [1.54, 1.807) is 19.2 Å². The van der Waals surface area contributed by atoms with Crippen LogP contribution >= 0.6 is 0 Å². The third-order valence-electron chi connectivity index (χ3n) is 2.37. The molecule has 4 heteroatoms. The Balaban J connectivity index is 3.20. The number of aliphatic hydroxyl groups excluding tert-OH is 1. The van der Waals surface area contributed by atoms with Crippen molar-refractivity contribution in [3.8, 4) is 11.5 Å². The maximum absolute atomic E-state index is 9.79. The van der Waals surface area contributed by atoms with Crippen LogP contribution in [0.5, 0.6) is 11.5 Å². The van der Waals surface area contributed by atoms with E-state index in [1.807, 2.05) is 6.92 Å². The van der Waals surface area contributed by atoms with Crippen molar-refractivity contribution in [3.05, 3.63) is 34.7 Å². The van der Waals surface area contributed by atoms with Gasteiger partial charge < -0.3 is 19.4 Å². The summed E-state index contributed by atoms with van der Waals surface area (Å²) in [5.74, 6) is 1.26. The molecule has 0 radical (unpaired) electrons. The molecular formula is C12H15NO3. The maximum Gasteiger partial charge on any atom is 0.244 e. The predicted molar refractivity (Wildman–Crippen MR) is 60.7 cm³/mol. The Kier molecular flexibility index (Phi) is 4.15. The van der Waals surface area contributed by atoms with Gasteiger partial charge in [-0.05, 0) is 24.6 Å². The Morgan fingerprint density at radius 1 is 1.31 bits per heavy atom. The summed E-state index contributed by atoms with van der Waals surface area (Å²) >= 11 is 0. The molecule has 0 saturated carbocycles. The Labute approximate surface area is 95.2 Å². The molecule has 1 unspecified atom stereocenters. The van der Waals surface area contributed by atoms with Crippen molar-refractivity contribution < 1.29 is 14.6 Å². The molecule has 0 aliphatic heterocycles. The fourth-order valence-corrected chi connectivity index (χ4v) is 1.52. The zero-order valence-electron chi connectivity index (χ0n) is 9.65. The van der Waals surface area contributed by atoms with E-state index in [9.17, 15) is 5.11 Å². The molecule has 0 saturated heterocycles. The summed E-state index contributed by atoms with van der Waals surface area (Å²) in [7, 11) is 3.11. The van der Waals surface area contributed by atoms with Gasteiger partial charge in [-0.15, -0.1) is 0 Å². The van der Waals surface area contributed by atoms with Crippen LogP contribution < -0.4 is 9.47 Å². The molecule has 1 N–H and O–H groups in total. The minimum absolute atomic E-state index is 0.0164. The van der Waals surface area contributed by atoms with E-state index < -0.39 is 6.10 Å². The summed E-state index contributed by atoms with van der Waals surface area (Å²) in [6, 6.07) is 3.51. The van der Waals surface area contributed by atoms with Gasteiger partial charge in [-0.3, -0.25) is 0 Å². The molecule has 0 aliphatic carbocycles. The molecule has 4 nitrogen and oxygen atoms in total. The summed E-state index contributed by atoms with van der Waals surface area (Å²) in [5.41, 5.74) is 1.51. The molecule has 0 aliphatic rings. The van der Waals surface area contributed by atoms with Gasteiger partial charge in [0.1, 0.15) is 11.5 Å². The van der Waals surface area contributed by atoms with Crippen LogP contribution in [-0.2, 0) is 0 Å². The van der Waals surface area contributed by atoms with Crippen molar-refractivity contribution >= 4 is 0 Å². The van der Waals surface area contributed by atoms with Crippen LogP contribution in [0.4, 0.5) is 0 Å². The molecule has 1 aromatic carbocycles. The Hall–Kier alpha value is -1.73. The number of rotatable bonds is 4. The second kappa shape index (κ2) is 5.38. The lowest BCUT2D eigenvalue weighted by Crippen LogP contribution is -2.04. The molecule has 1 aromatic rings. The largest absolute Gasteiger partial charge is 0.496 e. The first-order valence-electron chi connectivity index (χ1n) is 4.87. The lowest BCUT2D eigenvalue weighted by molar-refractivity contribution is 0.190. The van der Waals surface area contributed by atoms with Gasteiger partial charge in [-0.2, -0.15) is 0 Å². The Morgan fingerprint density at radius 3 is 2.44 bits per heavy atom. The van der Waals surface area contributed by atoms with Gasteiger partial charge in [-0.25, -0.2) is 6.57 Å². The number of aryl methyl sites for hydroxylation is 1. The number of nitrogens with zero attached hydrogens (tertiary/aromatic N) is 1. The summed E-state index contributed by atoms with van der Waals surface area (Å²) in [5, 5.41) is 9.79. The highest BCUT2D eigenvalue weighted by atomic mass is 16.5. The molecule has 0 heterocycles. The van der Waals surface area contributed by atoms with Crippen LogP contribution in [0.1, 0.15) is 17.2 Å². The van der Waals surface area contributed by atoms with Gasteiger partial charge in [0.05, 0.1) is 14.2 Å². The van der Waals surface area contributed by atoms with E-state index in [4.69, 9.17) is 16.0 Å². The number of hydrogen-bond acceptors (Lipinski definition) is 3.